The lowest BCUT2D eigenvalue weighted by Crippen LogP contribution is -2.26. The largest absolute Gasteiger partial charge is 0.346 e. The summed E-state index contributed by atoms with van der Waals surface area (Å²) in [6, 6.07) is 11.9. The molecule has 140 valence electrons. The second-order valence-electron chi connectivity index (χ2n) is 6.08. The van der Waals surface area contributed by atoms with E-state index >= 15 is 0 Å². The Kier molecular flexibility index (Phi) is 5.84. The van der Waals surface area contributed by atoms with Gasteiger partial charge in [-0.3, -0.25) is 4.79 Å². The van der Waals surface area contributed by atoms with Crippen molar-refractivity contribution in [2.45, 2.75) is 23.6 Å². The van der Waals surface area contributed by atoms with Crippen LogP contribution in [-0.4, -0.2) is 29.0 Å². The molecule has 0 saturated heterocycles. The summed E-state index contributed by atoms with van der Waals surface area (Å²) in [5, 5.41) is 7.86. The summed E-state index contributed by atoms with van der Waals surface area (Å²) in [7, 11) is -6.89. The molecule has 1 atom stereocenters. The average Bonchev–Trinajstić information content (AvgIpc) is 2.53. The van der Waals surface area contributed by atoms with Crippen LogP contribution in [0.3, 0.4) is 0 Å². The standard InChI is InChI=1S/C17H20N2O5S2/c1-12(14-7-9-16(10-8-14)26(18,23)24)19-17(20)15-5-3-13(4-6-15)11-25(2,21)22/h3-10,12H,11H2,1-2H3,(H,19,20)(H2,18,23,24). The minimum Gasteiger partial charge on any atom is -0.346 e. The zero-order chi connectivity index (χ0) is 19.5. The lowest BCUT2D eigenvalue weighted by molar-refractivity contribution is 0.0940. The molecule has 0 aliphatic carbocycles. The van der Waals surface area contributed by atoms with E-state index in [1.165, 1.54) is 12.1 Å². The van der Waals surface area contributed by atoms with Gasteiger partial charge in [0.2, 0.25) is 10.0 Å². The van der Waals surface area contributed by atoms with Crippen LogP contribution in [0, 0.1) is 0 Å². The normalized spacial score (nSPS) is 13.2. The van der Waals surface area contributed by atoms with Crippen molar-refractivity contribution < 1.29 is 21.6 Å². The third-order valence-corrected chi connectivity index (χ3v) is 5.49. The maximum absolute atomic E-state index is 12.3. The minimum absolute atomic E-state index is 0.00115. The first-order chi connectivity index (χ1) is 12.0. The van der Waals surface area contributed by atoms with Gasteiger partial charge in [0.1, 0.15) is 0 Å². The van der Waals surface area contributed by atoms with Crippen LogP contribution in [0.5, 0.6) is 0 Å². The van der Waals surface area contributed by atoms with Gasteiger partial charge in [-0.1, -0.05) is 24.3 Å². The number of benzene rings is 2. The second kappa shape index (κ2) is 7.56. The maximum Gasteiger partial charge on any atom is 0.251 e. The molecule has 2 aromatic carbocycles. The summed E-state index contributed by atoms with van der Waals surface area (Å²) in [4.78, 5) is 12.3. The molecule has 0 spiro atoms. The molecule has 1 unspecified atom stereocenters. The molecular formula is C17H20N2O5S2. The number of nitrogens with one attached hydrogen (secondary N) is 1. The van der Waals surface area contributed by atoms with Crippen molar-refractivity contribution in [3.8, 4) is 0 Å². The highest BCUT2D eigenvalue weighted by atomic mass is 32.2. The first-order valence-electron chi connectivity index (χ1n) is 7.66. The van der Waals surface area contributed by atoms with E-state index in [1.807, 2.05) is 0 Å². The molecule has 3 N–H and O–H groups in total. The Balaban J connectivity index is 2.07. The van der Waals surface area contributed by atoms with E-state index in [0.717, 1.165) is 11.8 Å². The Hall–Kier alpha value is -2.23. The van der Waals surface area contributed by atoms with Crippen LogP contribution in [-0.2, 0) is 25.6 Å². The Bertz CT molecular complexity index is 996. The monoisotopic (exact) mass is 396 g/mol. The van der Waals surface area contributed by atoms with Crippen LogP contribution in [0.15, 0.2) is 53.4 Å². The molecule has 0 heterocycles. The SMILES string of the molecule is CC(NC(=O)c1ccc(CS(C)(=O)=O)cc1)c1ccc(S(N)(=O)=O)cc1. The summed E-state index contributed by atoms with van der Waals surface area (Å²) < 4.78 is 45.1. The van der Waals surface area contributed by atoms with Gasteiger partial charge in [-0.2, -0.15) is 0 Å². The molecule has 0 bridgehead atoms. The van der Waals surface area contributed by atoms with E-state index < -0.39 is 19.9 Å². The molecule has 0 aliphatic heterocycles. The molecule has 2 rings (SSSR count). The molecule has 9 heteroatoms. The number of hydrogen-bond donors (Lipinski definition) is 2. The predicted molar refractivity (Wildman–Crippen MR) is 98.7 cm³/mol. The van der Waals surface area contributed by atoms with Crippen molar-refractivity contribution in [1.82, 2.24) is 5.32 Å². The van der Waals surface area contributed by atoms with Crippen molar-refractivity contribution in [2.75, 3.05) is 6.26 Å². The molecule has 26 heavy (non-hydrogen) atoms. The number of rotatable bonds is 6. The molecule has 0 saturated carbocycles. The van der Waals surface area contributed by atoms with Crippen LogP contribution in [0.1, 0.15) is 34.5 Å². The van der Waals surface area contributed by atoms with Gasteiger partial charge in [0, 0.05) is 11.8 Å². The summed E-state index contributed by atoms with van der Waals surface area (Å²) in [5.41, 5.74) is 1.73. The van der Waals surface area contributed by atoms with Gasteiger partial charge < -0.3 is 5.32 Å². The second-order valence-corrected chi connectivity index (χ2v) is 9.78. The number of sulfonamides is 1. The lowest BCUT2D eigenvalue weighted by atomic mass is 10.1. The summed E-state index contributed by atoms with van der Waals surface area (Å²) >= 11 is 0. The van der Waals surface area contributed by atoms with E-state index in [2.05, 4.69) is 5.32 Å². The zero-order valence-corrected chi connectivity index (χ0v) is 16.0. The van der Waals surface area contributed by atoms with Crippen LogP contribution in [0.4, 0.5) is 0 Å². The first-order valence-corrected chi connectivity index (χ1v) is 11.3. The van der Waals surface area contributed by atoms with Gasteiger partial charge in [-0.05, 0) is 42.3 Å². The van der Waals surface area contributed by atoms with E-state index in [9.17, 15) is 21.6 Å². The van der Waals surface area contributed by atoms with Gasteiger partial charge in [-0.15, -0.1) is 0 Å². The van der Waals surface area contributed by atoms with E-state index in [0.29, 0.717) is 11.1 Å². The third-order valence-electron chi connectivity index (χ3n) is 3.70. The first kappa shape index (κ1) is 20.1. The number of nitrogens with two attached hydrogens (primary N) is 1. The molecule has 0 aromatic heterocycles. The molecule has 2 aromatic rings. The number of amides is 1. The molecule has 1 amide bonds. The summed E-state index contributed by atoms with van der Waals surface area (Å²) in [6.45, 7) is 1.77. The number of carbonyl (C=O) groups excluding carboxylic acids is 1. The van der Waals surface area contributed by atoms with Crippen LogP contribution < -0.4 is 10.5 Å². The van der Waals surface area contributed by atoms with Crippen molar-refractivity contribution in [1.29, 1.82) is 0 Å². The van der Waals surface area contributed by atoms with Gasteiger partial charge in [-0.25, -0.2) is 22.0 Å². The summed E-state index contributed by atoms with van der Waals surface area (Å²) in [6.07, 6.45) is 1.15. The van der Waals surface area contributed by atoms with Gasteiger partial charge in [0.15, 0.2) is 9.84 Å². The molecule has 0 radical (unpaired) electrons. The Labute approximate surface area is 153 Å². The molecule has 0 fully saturated rings. The smallest absolute Gasteiger partial charge is 0.251 e. The average molecular weight is 396 g/mol. The van der Waals surface area contributed by atoms with Crippen molar-refractivity contribution in [3.05, 3.63) is 65.2 Å². The predicted octanol–water partition coefficient (Wildman–Crippen LogP) is 1.37. The van der Waals surface area contributed by atoms with Gasteiger partial charge in [0.25, 0.3) is 5.91 Å². The van der Waals surface area contributed by atoms with Crippen molar-refractivity contribution in [2.24, 2.45) is 5.14 Å². The minimum atomic E-state index is -3.76. The Morgan fingerprint density at radius 2 is 1.54 bits per heavy atom. The lowest BCUT2D eigenvalue weighted by Gasteiger charge is -2.15. The number of hydrogen-bond acceptors (Lipinski definition) is 5. The zero-order valence-electron chi connectivity index (χ0n) is 14.3. The highest BCUT2D eigenvalue weighted by molar-refractivity contribution is 7.90. The Morgan fingerprint density at radius 3 is 2.00 bits per heavy atom. The number of primary sulfonamides is 1. The fourth-order valence-corrected chi connectivity index (χ4v) is 3.68. The highest BCUT2D eigenvalue weighted by Crippen LogP contribution is 2.16. The van der Waals surface area contributed by atoms with Crippen LogP contribution >= 0.6 is 0 Å². The molecule has 0 aliphatic rings. The quantitative estimate of drug-likeness (QED) is 0.763. The van der Waals surface area contributed by atoms with E-state index in [1.54, 1.807) is 43.3 Å². The maximum atomic E-state index is 12.3. The third kappa shape index (κ3) is 5.65. The highest BCUT2D eigenvalue weighted by Gasteiger charge is 2.14. The van der Waals surface area contributed by atoms with E-state index in [4.69, 9.17) is 5.14 Å². The molecule has 7 nitrogen and oxygen atoms in total. The van der Waals surface area contributed by atoms with Crippen molar-refractivity contribution in [3.63, 3.8) is 0 Å². The fourth-order valence-electron chi connectivity index (χ4n) is 2.36. The van der Waals surface area contributed by atoms with Gasteiger partial charge >= 0.3 is 0 Å². The fraction of sp³-hybridized carbons (Fsp3) is 0.235. The summed E-state index contributed by atoms with van der Waals surface area (Å²) in [5.74, 6) is -0.402. The number of carbonyl (C=O) groups is 1. The van der Waals surface area contributed by atoms with Gasteiger partial charge in [0.05, 0.1) is 16.7 Å². The van der Waals surface area contributed by atoms with Crippen molar-refractivity contribution >= 4 is 25.8 Å². The van der Waals surface area contributed by atoms with E-state index in [-0.39, 0.29) is 22.6 Å². The van der Waals surface area contributed by atoms with Crippen LogP contribution in [0.2, 0.25) is 0 Å². The topological polar surface area (TPSA) is 123 Å². The number of sulfone groups is 1. The van der Waals surface area contributed by atoms with Crippen LogP contribution in [0.25, 0.3) is 0 Å². The molecular weight excluding hydrogens is 376 g/mol. The Morgan fingerprint density at radius 1 is 1.00 bits per heavy atom.